The summed E-state index contributed by atoms with van der Waals surface area (Å²) in [7, 11) is 0. The number of fused-ring (bicyclic) bond motifs is 2. The second-order valence-corrected chi connectivity index (χ2v) is 7.78. The Kier molecular flexibility index (Phi) is 5.57. The molecule has 2 unspecified atom stereocenters. The minimum atomic E-state index is -0.441. The molecule has 6 heteroatoms. The molecule has 0 aromatic heterocycles. The molecule has 4 rings (SSSR count). The summed E-state index contributed by atoms with van der Waals surface area (Å²) in [4.78, 5) is 14.8. The molecular formula is C22H25F2N3O. The third-order valence-corrected chi connectivity index (χ3v) is 5.86. The summed E-state index contributed by atoms with van der Waals surface area (Å²) < 4.78 is 26.9. The lowest BCUT2D eigenvalue weighted by molar-refractivity contribution is 0.0200. The lowest BCUT2D eigenvalue weighted by atomic mass is 9.81. The minimum Gasteiger partial charge on any atom is -0.335 e. The van der Waals surface area contributed by atoms with Gasteiger partial charge in [0.25, 0.3) is 0 Å². The van der Waals surface area contributed by atoms with Crippen LogP contribution >= 0.6 is 0 Å². The van der Waals surface area contributed by atoms with E-state index in [1.54, 1.807) is 18.2 Å². The zero-order valence-electron chi connectivity index (χ0n) is 15.7. The van der Waals surface area contributed by atoms with Crippen LogP contribution in [0.4, 0.5) is 19.3 Å². The molecule has 2 bridgehead atoms. The first-order chi connectivity index (χ1) is 13.6. The van der Waals surface area contributed by atoms with Crippen molar-refractivity contribution in [2.24, 2.45) is 0 Å². The van der Waals surface area contributed by atoms with Gasteiger partial charge in [-0.15, -0.1) is 0 Å². The van der Waals surface area contributed by atoms with E-state index in [1.165, 1.54) is 24.6 Å². The number of benzene rings is 2. The van der Waals surface area contributed by atoms with Crippen molar-refractivity contribution in [3.05, 3.63) is 65.7 Å². The van der Waals surface area contributed by atoms with E-state index in [9.17, 15) is 13.6 Å². The number of rotatable bonds is 4. The highest BCUT2D eigenvalue weighted by atomic mass is 19.1. The van der Waals surface area contributed by atoms with Gasteiger partial charge >= 0.3 is 6.03 Å². The van der Waals surface area contributed by atoms with Crippen molar-refractivity contribution in [3.8, 4) is 0 Å². The number of hydrogen-bond donors (Lipinski definition) is 2. The maximum Gasteiger partial charge on any atom is 0.319 e. The van der Waals surface area contributed by atoms with E-state index in [4.69, 9.17) is 0 Å². The molecule has 0 spiro atoms. The van der Waals surface area contributed by atoms with E-state index >= 15 is 0 Å². The zero-order chi connectivity index (χ0) is 19.5. The standard InChI is InChI=1S/C22H25F2N3O/c23-16-10-8-15(9-11-16)14-27-18-4-3-5-19(27)13-17(12-18)25-22(28)26-21-7-2-1-6-20(21)24/h1-2,6-11,17-19H,3-5,12-14H2,(H2,25,26,28). The fourth-order valence-corrected chi connectivity index (χ4v) is 4.56. The molecule has 2 N–H and O–H groups in total. The predicted molar refractivity (Wildman–Crippen MR) is 105 cm³/mol. The first-order valence-electron chi connectivity index (χ1n) is 9.91. The highest BCUT2D eigenvalue weighted by molar-refractivity contribution is 5.89. The van der Waals surface area contributed by atoms with Gasteiger partial charge in [0.1, 0.15) is 11.6 Å². The van der Waals surface area contributed by atoms with Gasteiger partial charge in [-0.3, -0.25) is 4.90 Å². The van der Waals surface area contributed by atoms with Crippen LogP contribution in [0.1, 0.15) is 37.7 Å². The molecule has 0 radical (unpaired) electrons. The highest BCUT2D eigenvalue weighted by Crippen LogP contribution is 2.35. The zero-order valence-corrected chi connectivity index (χ0v) is 15.7. The summed E-state index contributed by atoms with van der Waals surface area (Å²) in [6.45, 7) is 0.809. The number of para-hydroxylation sites is 1. The van der Waals surface area contributed by atoms with Crippen LogP contribution in [0.15, 0.2) is 48.5 Å². The SMILES string of the molecule is O=C(Nc1ccccc1F)NC1CC2CCCC(C1)N2Cc1ccc(F)cc1. The van der Waals surface area contributed by atoms with Crippen LogP contribution in [0, 0.1) is 11.6 Å². The van der Waals surface area contributed by atoms with E-state index in [1.807, 2.05) is 12.1 Å². The van der Waals surface area contributed by atoms with Gasteiger partial charge in [0.2, 0.25) is 0 Å². The molecule has 2 saturated heterocycles. The second-order valence-electron chi connectivity index (χ2n) is 7.78. The number of nitrogens with zero attached hydrogens (tertiary/aromatic N) is 1. The lowest BCUT2D eigenvalue weighted by Crippen LogP contribution is -2.56. The summed E-state index contributed by atoms with van der Waals surface area (Å²) >= 11 is 0. The molecule has 2 aliphatic heterocycles. The smallest absolute Gasteiger partial charge is 0.319 e. The van der Waals surface area contributed by atoms with Gasteiger partial charge in [-0.05, 0) is 55.5 Å². The number of anilines is 1. The molecule has 0 aliphatic carbocycles. The number of carbonyl (C=O) groups excluding carboxylic acids is 1. The summed E-state index contributed by atoms with van der Waals surface area (Å²) in [6.07, 6.45) is 5.16. The Labute approximate surface area is 163 Å². The number of halogens is 2. The number of carbonyl (C=O) groups is 1. The maximum atomic E-state index is 13.7. The largest absolute Gasteiger partial charge is 0.335 e. The van der Waals surface area contributed by atoms with E-state index in [0.29, 0.717) is 12.1 Å². The Bertz CT molecular complexity index is 813. The molecule has 2 aromatic carbocycles. The van der Waals surface area contributed by atoms with Crippen molar-refractivity contribution in [2.75, 3.05) is 5.32 Å². The van der Waals surface area contributed by atoms with Crippen LogP contribution in [0.2, 0.25) is 0 Å². The molecule has 2 heterocycles. The van der Waals surface area contributed by atoms with Crippen molar-refractivity contribution in [2.45, 2.75) is 56.8 Å². The number of amides is 2. The lowest BCUT2D eigenvalue weighted by Gasteiger charge is -2.49. The van der Waals surface area contributed by atoms with Gasteiger partial charge in [0.05, 0.1) is 5.69 Å². The van der Waals surface area contributed by atoms with Crippen molar-refractivity contribution < 1.29 is 13.6 Å². The maximum absolute atomic E-state index is 13.7. The van der Waals surface area contributed by atoms with Crippen LogP contribution in [-0.2, 0) is 6.54 Å². The monoisotopic (exact) mass is 385 g/mol. The van der Waals surface area contributed by atoms with Gasteiger partial charge in [-0.2, -0.15) is 0 Å². The Morgan fingerprint density at radius 2 is 1.68 bits per heavy atom. The number of nitrogens with one attached hydrogen (secondary N) is 2. The molecular weight excluding hydrogens is 360 g/mol. The van der Waals surface area contributed by atoms with Gasteiger partial charge in [-0.1, -0.05) is 30.7 Å². The Morgan fingerprint density at radius 1 is 1.00 bits per heavy atom. The average Bonchev–Trinajstić information content (AvgIpc) is 2.66. The van der Waals surface area contributed by atoms with E-state index in [2.05, 4.69) is 15.5 Å². The number of piperidine rings is 2. The molecule has 2 aliphatic rings. The van der Waals surface area contributed by atoms with Crippen molar-refractivity contribution >= 4 is 11.7 Å². The summed E-state index contributed by atoms with van der Waals surface area (Å²) in [6, 6.07) is 13.4. The fraction of sp³-hybridized carbons (Fsp3) is 0.409. The fourth-order valence-electron chi connectivity index (χ4n) is 4.56. The molecule has 0 saturated carbocycles. The molecule has 2 fully saturated rings. The van der Waals surface area contributed by atoms with E-state index in [-0.39, 0.29) is 23.6 Å². The topological polar surface area (TPSA) is 44.4 Å². The van der Waals surface area contributed by atoms with Crippen LogP contribution in [-0.4, -0.2) is 29.1 Å². The third-order valence-electron chi connectivity index (χ3n) is 5.86. The van der Waals surface area contributed by atoms with Crippen LogP contribution in [0.25, 0.3) is 0 Å². The van der Waals surface area contributed by atoms with Crippen molar-refractivity contribution in [1.82, 2.24) is 10.2 Å². The van der Waals surface area contributed by atoms with E-state index in [0.717, 1.165) is 37.8 Å². The second kappa shape index (κ2) is 8.27. The van der Waals surface area contributed by atoms with Crippen LogP contribution in [0.3, 0.4) is 0 Å². The van der Waals surface area contributed by atoms with Gasteiger partial charge in [0, 0.05) is 24.7 Å². The highest BCUT2D eigenvalue weighted by Gasteiger charge is 2.38. The van der Waals surface area contributed by atoms with Crippen LogP contribution < -0.4 is 10.6 Å². The first kappa shape index (κ1) is 18.9. The van der Waals surface area contributed by atoms with E-state index < -0.39 is 5.82 Å². The Hall–Kier alpha value is -2.47. The normalized spacial score (nSPS) is 24.6. The van der Waals surface area contributed by atoms with Gasteiger partial charge < -0.3 is 10.6 Å². The molecule has 2 atom stereocenters. The summed E-state index contributed by atoms with van der Waals surface area (Å²) in [5.74, 6) is -0.656. The van der Waals surface area contributed by atoms with Crippen molar-refractivity contribution in [3.63, 3.8) is 0 Å². The minimum absolute atomic E-state index is 0.0755. The Balaban J connectivity index is 1.37. The molecule has 4 nitrogen and oxygen atoms in total. The quantitative estimate of drug-likeness (QED) is 0.803. The predicted octanol–water partition coefficient (Wildman–Crippen LogP) is 4.67. The third kappa shape index (κ3) is 4.33. The molecule has 2 amide bonds. The first-order valence-corrected chi connectivity index (χ1v) is 9.91. The number of hydrogen-bond acceptors (Lipinski definition) is 2. The van der Waals surface area contributed by atoms with Gasteiger partial charge in [0.15, 0.2) is 0 Å². The Morgan fingerprint density at radius 3 is 2.36 bits per heavy atom. The molecule has 148 valence electrons. The average molecular weight is 385 g/mol. The van der Waals surface area contributed by atoms with Crippen molar-refractivity contribution in [1.29, 1.82) is 0 Å². The molecule has 28 heavy (non-hydrogen) atoms. The van der Waals surface area contributed by atoms with Crippen LogP contribution in [0.5, 0.6) is 0 Å². The van der Waals surface area contributed by atoms with Gasteiger partial charge in [-0.25, -0.2) is 13.6 Å². The number of urea groups is 1. The summed E-state index contributed by atoms with van der Waals surface area (Å²) in [5, 5.41) is 5.63. The summed E-state index contributed by atoms with van der Waals surface area (Å²) in [5.41, 5.74) is 1.30. The molecule has 2 aromatic rings.